The fraction of sp³-hybridized carbons (Fsp3) is 0.211. The third kappa shape index (κ3) is 4.16. The number of ether oxygens (including phenoxy) is 2. The number of carbonyl (C=O) groups is 1. The maximum absolute atomic E-state index is 14.2. The van der Waals surface area contributed by atoms with Crippen LogP contribution in [0.15, 0.2) is 63.5 Å². The van der Waals surface area contributed by atoms with E-state index in [0.717, 1.165) is 10.0 Å². The lowest BCUT2D eigenvalue weighted by Crippen LogP contribution is -2.32. The summed E-state index contributed by atoms with van der Waals surface area (Å²) in [5.74, 6) is 0.0280. The number of pyridine rings is 1. The molecule has 2 heterocycles. The molecule has 2 aromatic rings. The number of allylic oxidation sites excluding steroid dienone is 1. The van der Waals surface area contributed by atoms with Gasteiger partial charge in [0, 0.05) is 10.7 Å². The molecule has 1 N–H and O–H groups in total. The Bertz CT molecular complexity index is 930. The van der Waals surface area contributed by atoms with Crippen molar-refractivity contribution in [1.29, 1.82) is 0 Å². The van der Waals surface area contributed by atoms with Crippen molar-refractivity contribution in [3.63, 3.8) is 0 Å². The van der Waals surface area contributed by atoms with Gasteiger partial charge in [-0.3, -0.25) is 0 Å². The van der Waals surface area contributed by atoms with E-state index in [9.17, 15) is 9.18 Å². The molecule has 0 saturated carbocycles. The number of nitrogens with one attached hydrogen (secondary N) is 1. The van der Waals surface area contributed by atoms with Gasteiger partial charge in [0.2, 0.25) is 0 Å². The predicted octanol–water partition coefficient (Wildman–Crippen LogP) is 4.48. The van der Waals surface area contributed by atoms with Crippen LogP contribution in [0.4, 0.5) is 9.18 Å². The van der Waals surface area contributed by atoms with Crippen molar-refractivity contribution >= 4 is 27.9 Å². The smallest absolute Gasteiger partial charge is 0.434 e. The minimum atomic E-state index is -0.826. The van der Waals surface area contributed by atoms with Gasteiger partial charge in [0.1, 0.15) is 11.7 Å². The van der Waals surface area contributed by atoms with E-state index < -0.39 is 18.0 Å². The average Bonchev–Trinajstić information content (AvgIpc) is 2.64. The van der Waals surface area contributed by atoms with Crippen molar-refractivity contribution in [2.75, 3.05) is 6.61 Å². The van der Waals surface area contributed by atoms with Crippen molar-refractivity contribution in [1.82, 2.24) is 10.3 Å². The third-order valence-corrected chi connectivity index (χ3v) is 4.54. The molecule has 1 unspecified atom stereocenters. The van der Waals surface area contributed by atoms with Crippen LogP contribution in [0.1, 0.15) is 31.1 Å². The highest BCUT2D eigenvalue weighted by Gasteiger charge is 2.30. The lowest BCUT2D eigenvalue weighted by molar-refractivity contribution is 0.0763. The van der Waals surface area contributed by atoms with Crippen LogP contribution in [0.2, 0.25) is 0 Å². The van der Waals surface area contributed by atoms with Crippen LogP contribution < -0.4 is 5.32 Å². The average molecular weight is 434 g/mol. The van der Waals surface area contributed by atoms with Crippen LogP contribution in [-0.4, -0.2) is 23.6 Å². The Balaban J connectivity index is 2.07. The number of amidine groups is 1. The Morgan fingerprint density at radius 2 is 2.07 bits per heavy atom. The quantitative estimate of drug-likeness (QED) is 0.719. The highest BCUT2D eigenvalue weighted by atomic mass is 79.9. The van der Waals surface area contributed by atoms with Gasteiger partial charge in [-0.1, -0.05) is 34.1 Å². The van der Waals surface area contributed by atoms with Crippen LogP contribution >= 0.6 is 15.9 Å². The lowest BCUT2D eigenvalue weighted by atomic mass is 10.0. The number of aromatic nitrogens is 1. The van der Waals surface area contributed by atoms with Crippen molar-refractivity contribution in [2.45, 2.75) is 19.9 Å². The molecule has 1 aliphatic heterocycles. The molecule has 6 nitrogen and oxygen atoms in total. The highest BCUT2D eigenvalue weighted by molar-refractivity contribution is 9.10. The summed E-state index contributed by atoms with van der Waals surface area (Å²) in [6.45, 7) is 3.59. The summed E-state index contributed by atoms with van der Waals surface area (Å²) in [5.41, 5.74) is 1.36. The fourth-order valence-corrected chi connectivity index (χ4v) is 3.12. The Labute approximate surface area is 164 Å². The minimum absolute atomic E-state index is 0.0871. The van der Waals surface area contributed by atoms with E-state index in [1.807, 2.05) is 24.3 Å². The number of benzene rings is 1. The molecule has 1 atom stereocenters. The summed E-state index contributed by atoms with van der Waals surface area (Å²) in [6, 6.07) is 9.54. The molecule has 0 aliphatic carbocycles. The molecular weight excluding hydrogens is 417 g/mol. The maximum atomic E-state index is 14.2. The molecule has 0 bridgehead atoms. The Hall–Kier alpha value is -2.74. The number of carbonyl (C=O) groups excluding carboxylic acids is 1. The first-order chi connectivity index (χ1) is 13.0. The summed E-state index contributed by atoms with van der Waals surface area (Å²) in [7, 11) is 0. The van der Waals surface area contributed by atoms with Gasteiger partial charge in [-0.2, -0.15) is 0 Å². The van der Waals surface area contributed by atoms with Gasteiger partial charge in [-0.05, 0) is 37.6 Å². The molecule has 0 saturated heterocycles. The number of rotatable bonds is 4. The van der Waals surface area contributed by atoms with Gasteiger partial charge in [-0.25, -0.2) is 19.2 Å². The topological polar surface area (TPSA) is 72.8 Å². The number of hydrogen-bond acceptors (Lipinski definition) is 6. The van der Waals surface area contributed by atoms with Gasteiger partial charge in [-0.15, -0.1) is 0 Å². The van der Waals surface area contributed by atoms with E-state index >= 15 is 0 Å². The summed E-state index contributed by atoms with van der Waals surface area (Å²) < 4.78 is 25.3. The predicted molar refractivity (Wildman–Crippen MR) is 102 cm³/mol. The normalized spacial score (nSPS) is 16.4. The van der Waals surface area contributed by atoms with Crippen LogP contribution in [0.3, 0.4) is 0 Å². The summed E-state index contributed by atoms with van der Waals surface area (Å²) in [4.78, 5) is 20.5. The largest absolute Gasteiger partial charge is 0.513 e. The fourth-order valence-electron chi connectivity index (χ4n) is 2.62. The molecule has 27 heavy (non-hydrogen) atoms. The molecule has 0 radical (unpaired) electrons. The molecule has 0 spiro atoms. The summed E-state index contributed by atoms with van der Waals surface area (Å²) >= 11 is 3.49. The van der Waals surface area contributed by atoms with Crippen LogP contribution in [0.25, 0.3) is 0 Å². The second-order valence-electron chi connectivity index (χ2n) is 5.63. The van der Waals surface area contributed by atoms with Crippen LogP contribution in [-0.2, 0) is 9.47 Å². The van der Waals surface area contributed by atoms with Crippen molar-refractivity contribution in [3.8, 4) is 0 Å². The number of nitrogens with zero attached hydrogens (tertiary/aromatic N) is 2. The molecule has 3 rings (SSSR count). The van der Waals surface area contributed by atoms with E-state index in [0.29, 0.717) is 5.70 Å². The van der Waals surface area contributed by atoms with Gasteiger partial charge >= 0.3 is 6.16 Å². The molecule has 8 heteroatoms. The van der Waals surface area contributed by atoms with Gasteiger partial charge in [0.15, 0.2) is 17.4 Å². The minimum Gasteiger partial charge on any atom is -0.434 e. The molecule has 1 aromatic carbocycles. The molecule has 1 aliphatic rings. The first-order valence-corrected chi connectivity index (χ1v) is 9.06. The summed E-state index contributed by atoms with van der Waals surface area (Å²) in [5, 5.41) is 2.97. The van der Waals surface area contributed by atoms with Crippen molar-refractivity contribution < 1.29 is 18.7 Å². The zero-order chi connectivity index (χ0) is 19.4. The molecule has 1 aromatic heterocycles. The first kappa shape index (κ1) is 19.0. The monoisotopic (exact) mass is 433 g/mol. The third-order valence-electron chi connectivity index (χ3n) is 3.82. The van der Waals surface area contributed by atoms with Crippen LogP contribution in [0.5, 0.6) is 0 Å². The number of hydrogen-bond donors (Lipinski definition) is 1. The van der Waals surface area contributed by atoms with Crippen molar-refractivity contribution in [2.24, 2.45) is 4.99 Å². The molecule has 0 amide bonds. The second kappa shape index (κ2) is 8.30. The highest BCUT2D eigenvalue weighted by Crippen LogP contribution is 2.36. The van der Waals surface area contributed by atoms with Crippen LogP contribution in [0, 0.1) is 5.82 Å². The molecule has 0 fully saturated rings. The Morgan fingerprint density at radius 3 is 2.78 bits per heavy atom. The lowest BCUT2D eigenvalue weighted by Gasteiger charge is -2.26. The van der Waals surface area contributed by atoms with E-state index in [-0.39, 0.29) is 23.9 Å². The standard InChI is InChI=1S/C19H17BrFN3O3/c1-3-26-19(25)27-17-11(2)23-18(16-14(21)9-6-10-22-16)24-15(17)12-7-4-5-8-13(12)20/h4-10,15H,3H2,1-2H3,(H,23,24). The Morgan fingerprint density at radius 1 is 1.30 bits per heavy atom. The number of aliphatic imine (C=N–C) groups is 1. The van der Waals surface area contributed by atoms with Crippen molar-refractivity contribution in [3.05, 3.63) is 75.6 Å². The van der Waals surface area contributed by atoms with Gasteiger partial charge in [0.25, 0.3) is 0 Å². The SMILES string of the molecule is CCOC(=O)OC1=C(C)NC(c2ncccc2F)=NC1c1ccccc1Br. The number of halogens is 2. The zero-order valence-corrected chi connectivity index (χ0v) is 16.3. The van der Waals surface area contributed by atoms with E-state index in [2.05, 4.69) is 31.2 Å². The Kier molecular flexibility index (Phi) is 5.85. The summed E-state index contributed by atoms with van der Waals surface area (Å²) in [6.07, 6.45) is 0.660. The first-order valence-electron chi connectivity index (χ1n) is 8.26. The zero-order valence-electron chi connectivity index (χ0n) is 14.7. The second-order valence-corrected chi connectivity index (χ2v) is 6.49. The molecular formula is C19H17BrFN3O3. The van der Waals surface area contributed by atoms with Gasteiger partial charge < -0.3 is 14.8 Å². The molecule has 140 valence electrons. The van der Waals surface area contributed by atoms with E-state index in [1.54, 1.807) is 13.8 Å². The van der Waals surface area contributed by atoms with E-state index in [1.165, 1.54) is 18.3 Å². The maximum Gasteiger partial charge on any atom is 0.513 e. The van der Waals surface area contributed by atoms with E-state index in [4.69, 9.17) is 9.47 Å². The van der Waals surface area contributed by atoms with Gasteiger partial charge in [0.05, 0.1) is 12.3 Å².